The number of carbonyl (C=O) groups is 1. The average molecular weight is 263 g/mol. The van der Waals surface area contributed by atoms with Gasteiger partial charge in [-0.05, 0) is 44.8 Å². The molecule has 1 aromatic rings. The van der Waals surface area contributed by atoms with E-state index in [1.54, 1.807) is 12.1 Å². The molecule has 1 atom stereocenters. The van der Waals surface area contributed by atoms with Crippen molar-refractivity contribution in [3.8, 4) is 0 Å². The predicted molar refractivity (Wildman–Crippen MR) is 74.2 cm³/mol. The van der Waals surface area contributed by atoms with Gasteiger partial charge in [-0.1, -0.05) is 6.07 Å². The molecule has 1 fully saturated rings. The van der Waals surface area contributed by atoms with Gasteiger partial charge in [0, 0.05) is 19.2 Å². The van der Waals surface area contributed by atoms with Crippen molar-refractivity contribution in [2.75, 3.05) is 26.2 Å². The van der Waals surface area contributed by atoms with Gasteiger partial charge in [0.25, 0.3) is 5.91 Å². The van der Waals surface area contributed by atoms with E-state index in [0.717, 1.165) is 26.1 Å². The summed E-state index contributed by atoms with van der Waals surface area (Å²) in [5.74, 6) is 0.416. The lowest BCUT2D eigenvalue weighted by Gasteiger charge is -2.29. The van der Waals surface area contributed by atoms with Crippen LogP contribution in [-0.2, 0) is 0 Å². The molecule has 1 amide bonds. The Bertz CT molecular complexity index is 478. The van der Waals surface area contributed by atoms with Crippen LogP contribution in [0.2, 0.25) is 0 Å². The predicted octanol–water partition coefficient (Wildman–Crippen LogP) is 0.837. The van der Waals surface area contributed by atoms with Crippen LogP contribution >= 0.6 is 0 Å². The molecule has 5 nitrogen and oxygen atoms in total. The van der Waals surface area contributed by atoms with E-state index < -0.39 is 0 Å². The number of aromatic nitrogens is 1. The SMILES string of the molecule is CCN(CC1CCCNC1)C(=O)c1cccc(=O)[nH]1. The molecule has 0 saturated carbocycles. The lowest BCUT2D eigenvalue weighted by molar-refractivity contribution is 0.0723. The molecule has 2 heterocycles. The van der Waals surface area contributed by atoms with Gasteiger partial charge in [0.15, 0.2) is 0 Å². The van der Waals surface area contributed by atoms with Crippen molar-refractivity contribution in [1.29, 1.82) is 0 Å². The molecule has 1 aliphatic heterocycles. The first-order valence-electron chi connectivity index (χ1n) is 6.90. The highest BCUT2D eigenvalue weighted by molar-refractivity contribution is 5.92. The van der Waals surface area contributed by atoms with E-state index in [0.29, 0.717) is 18.2 Å². The molecule has 2 N–H and O–H groups in total. The topological polar surface area (TPSA) is 65.2 Å². The number of rotatable bonds is 4. The van der Waals surface area contributed by atoms with E-state index in [2.05, 4.69) is 10.3 Å². The van der Waals surface area contributed by atoms with Crippen LogP contribution in [-0.4, -0.2) is 42.0 Å². The third-order valence-electron chi connectivity index (χ3n) is 3.55. The summed E-state index contributed by atoms with van der Waals surface area (Å²) < 4.78 is 0. The number of carbonyl (C=O) groups excluding carboxylic acids is 1. The van der Waals surface area contributed by atoms with E-state index >= 15 is 0 Å². The van der Waals surface area contributed by atoms with Crippen LogP contribution in [0.3, 0.4) is 0 Å². The number of nitrogens with one attached hydrogen (secondary N) is 2. The van der Waals surface area contributed by atoms with Crippen LogP contribution in [0.4, 0.5) is 0 Å². The van der Waals surface area contributed by atoms with Crippen LogP contribution < -0.4 is 10.9 Å². The molecular weight excluding hydrogens is 242 g/mol. The summed E-state index contributed by atoms with van der Waals surface area (Å²) in [7, 11) is 0. The van der Waals surface area contributed by atoms with Crippen molar-refractivity contribution < 1.29 is 4.79 Å². The number of piperidine rings is 1. The molecule has 0 aliphatic carbocycles. The fourth-order valence-corrected chi connectivity index (χ4v) is 2.49. The molecule has 1 aliphatic rings. The molecule has 0 spiro atoms. The van der Waals surface area contributed by atoms with E-state index in [4.69, 9.17) is 0 Å². The Morgan fingerprint density at radius 2 is 2.32 bits per heavy atom. The highest BCUT2D eigenvalue weighted by Gasteiger charge is 2.20. The van der Waals surface area contributed by atoms with Gasteiger partial charge in [0.1, 0.15) is 5.69 Å². The lowest BCUT2D eigenvalue weighted by Crippen LogP contribution is -2.41. The fourth-order valence-electron chi connectivity index (χ4n) is 2.49. The highest BCUT2D eigenvalue weighted by Crippen LogP contribution is 2.13. The van der Waals surface area contributed by atoms with Gasteiger partial charge < -0.3 is 15.2 Å². The summed E-state index contributed by atoms with van der Waals surface area (Å²) in [6.45, 7) is 5.42. The maximum Gasteiger partial charge on any atom is 0.270 e. The van der Waals surface area contributed by atoms with Crippen molar-refractivity contribution in [2.24, 2.45) is 5.92 Å². The molecule has 0 radical (unpaired) electrons. The summed E-state index contributed by atoms with van der Waals surface area (Å²) in [4.78, 5) is 28.0. The Morgan fingerprint density at radius 1 is 1.47 bits per heavy atom. The van der Waals surface area contributed by atoms with Crippen LogP contribution in [0.15, 0.2) is 23.0 Å². The smallest absolute Gasteiger partial charge is 0.270 e. The number of aromatic amines is 1. The number of pyridine rings is 1. The second kappa shape index (κ2) is 6.52. The average Bonchev–Trinajstić information content (AvgIpc) is 2.45. The first-order chi connectivity index (χ1) is 9.20. The van der Waals surface area contributed by atoms with Gasteiger partial charge in [0.05, 0.1) is 0 Å². The van der Waals surface area contributed by atoms with E-state index in [1.165, 1.54) is 12.5 Å². The summed E-state index contributed by atoms with van der Waals surface area (Å²) >= 11 is 0. The van der Waals surface area contributed by atoms with Gasteiger partial charge in [-0.25, -0.2) is 0 Å². The second-order valence-electron chi connectivity index (χ2n) is 4.98. The maximum atomic E-state index is 12.3. The second-order valence-corrected chi connectivity index (χ2v) is 4.98. The highest BCUT2D eigenvalue weighted by atomic mass is 16.2. The minimum Gasteiger partial charge on any atom is -0.337 e. The molecular formula is C14H21N3O2. The molecule has 0 aromatic carbocycles. The zero-order valence-corrected chi connectivity index (χ0v) is 11.3. The minimum absolute atomic E-state index is 0.0919. The third-order valence-corrected chi connectivity index (χ3v) is 3.55. The molecule has 19 heavy (non-hydrogen) atoms. The molecule has 2 rings (SSSR count). The first-order valence-corrected chi connectivity index (χ1v) is 6.90. The zero-order chi connectivity index (χ0) is 13.7. The monoisotopic (exact) mass is 263 g/mol. The third kappa shape index (κ3) is 3.67. The Morgan fingerprint density at radius 3 is 2.95 bits per heavy atom. The molecule has 0 bridgehead atoms. The molecule has 1 saturated heterocycles. The number of nitrogens with zero attached hydrogens (tertiary/aromatic N) is 1. The number of hydrogen-bond donors (Lipinski definition) is 2. The molecule has 5 heteroatoms. The quantitative estimate of drug-likeness (QED) is 0.846. The Labute approximate surface area is 113 Å². The van der Waals surface area contributed by atoms with Crippen molar-refractivity contribution >= 4 is 5.91 Å². The van der Waals surface area contributed by atoms with Crippen LogP contribution in [0.25, 0.3) is 0 Å². The molecule has 104 valence electrons. The standard InChI is InChI=1S/C14H21N3O2/c1-2-17(10-11-5-4-8-15-9-11)14(19)12-6-3-7-13(18)16-12/h3,6-7,11,15H,2,4-5,8-10H2,1H3,(H,16,18). The van der Waals surface area contributed by atoms with E-state index in [-0.39, 0.29) is 11.5 Å². The summed E-state index contributed by atoms with van der Waals surface area (Å²) in [5, 5.41) is 3.36. The van der Waals surface area contributed by atoms with Crippen molar-refractivity contribution in [2.45, 2.75) is 19.8 Å². The van der Waals surface area contributed by atoms with Gasteiger partial charge >= 0.3 is 0 Å². The Kier molecular flexibility index (Phi) is 4.74. The summed E-state index contributed by atoms with van der Waals surface area (Å²) in [5.41, 5.74) is 0.138. The van der Waals surface area contributed by atoms with Crippen molar-refractivity contribution in [3.05, 3.63) is 34.2 Å². The fraction of sp³-hybridized carbons (Fsp3) is 0.571. The van der Waals surface area contributed by atoms with Gasteiger partial charge in [-0.15, -0.1) is 0 Å². The molecule has 1 aromatic heterocycles. The van der Waals surface area contributed by atoms with Gasteiger partial charge in [-0.2, -0.15) is 0 Å². The lowest BCUT2D eigenvalue weighted by atomic mass is 9.99. The zero-order valence-electron chi connectivity index (χ0n) is 11.3. The van der Waals surface area contributed by atoms with Crippen molar-refractivity contribution in [1.82, 2.24) is 15.2 Å². The van der Waals surface area contributed by atoms with Crippen LogP contribution in [0.1, 0.15) is 30.3 Å². The number of H-pyrrole nitrogens is 1. The normalized spacial score (nSPS) is 19.1. The first kappa shape index (κ1) is 13.8. The minimum atomic E-state index is -0.235. The van der Waals surface area contributed by atoms with Crippen LogP contribution in [0.5, 0.6) is 0 Å². The summed E-state index contributed by atoms with van der Waals surface area (Å²) in [6, 6.07) is 4.69. The number of hydrogen-bond acceptors (Lipinski definition) is 3. The Hall–Kier alpha value is -1.62. The maximum absolute atomic E-state index is 12.3. The largest absolute Gasteiger partial charge is 0.337 e. The van der Waals surface area contributed by atoms with E-state index in [9.17, 15) is 9.59 Å². The summed E-state index contributed by atoms with van der Waals surface area (Å²) in [6.07, 6.45) is 2.32. The Balaban J connectivity index is 2.04. The van der Waals surface area contributed by atoms with Gasteiger partial charge in [0.2, 0.25) is 5.56 Å². The van der Waals surface area contributed by atoms with Gasteiger partial charge in [-0.3, -0.25) is 9.59 Å². The van der Waals surface area contributed by atoms with Crippen LogP contribution in [0, 0.1) is 5.92 Å². The molecule has 1 unspecified atom stereocenters. The van der Waals surface area contributed by atoms with E-state index in [1.807, 2.05) is 11.8 Å². The number of amides is 1. The van der Waals surface area contributed by atoms with Crippen molar-refractivity contribution in [3.63, 3.8) is 0 Å².